The Balaban J connectivity index is 0.00000120. The monoisotopic (exact) mass is 448 g/mol. The van der Waals surface area contributed by atoms with Crippen molar-refractivity contribution in [3.8, 4) is 0 Å². The highest BCUT2D eigenvalue weighted by molar-refractivity contribution is 5.85. The third-order valence-electron chi connectivity index (χ3n) is 5.46. The molecule has 2 aromatic rings. The lowest BCUT2D eigenvalue weighted by molar-refractivity contribution is -0.137. The number of alkyl halides is 3. The third-order valence-corrected chi connectivity index (χ3v) is 5.46. The van der Waals surface area contributed by atoms with Gasteiger partial charge >= 0.3 is 6.18 Å². The van der Waals surface area contributed by atoms with Gasteiger partial charge in [-0.2, -0.15) is 18.2 Å². The molecule has 2 bridgehead atoms. The molecule has 0 aliphatic carbocycles. The van der Waals surface area contributed by atoms with Crippen LogP contribution in [0.25, 0.3) is 0 Å². The lowest BCUT2D eigenvalue weighted by Gasteiger charge is -2.29. The molecule has 6 nitrogen and oxygen atoms in total. The van der Waals surface area contributed by atoms with Gasteiger partial charge in [0.05, 0.1) is 6.04 Å². The summed E-state index contributed by atoms with van der Waals surface area (Å²) in [4.78, 5) is 7.98. The highest BCUT2D eigenvalue weighted by atomic mass is 35.5. The van der Waals surface area contributed by atoms with E-state index in [0.717, 1.165) is 24.7 Å². The number of aromatic nitrogens is 2. The second kappa shape index (κ2) is 8.14. The second-order valence-electron chi connectivity index (χ2n) is 7.27. The maximum Gasteiger partial charge on any atom is 0.421 e. The van der Waals surface area contributed by atoms with Gasteiger partial charge in [-0.05, 0) is 36.1 Å². The van der Waals surface area contributed by atoms with E-state index in [0.29, 0.717) is 25.2 Å². The smallest absolute Gasteiger partial charge is 0.364 e. The first-order chi connectivity index (χ1) is 13.0. The third kappa shape index (κ3) is 4.09. The first-order valence-corrected chi connectivity index (χ1v) is 9.06. The van der Waals surface area contributed by atoms with Crippen LogP contribution < -0.4 is 21.3 Å². The Morgan fingerprint density at radius 3 is 2.41 bits per heavy atom. The Morgan fingerprint density at radius 2 is 1.76 bits per heavy atom. The second-order valence-corrected chi connectivity index (χ2v) is 7.27. The largest absolute Gasteiger partial charge is 0.421 e. The highest BCUT2D eigenvalue weighted by Gasteiger charge is 2.37. The fourth-order valence-electron chi connectivity index (χ4n) is 3.98. The maximum atomic E-state index is 13.3. The fourth-order valence-corrected chi connectivity index (χ4v) is 3.98. The number of nitrogens with zero attached hydrogens (tertiary/aromatic N) is 2. The van der Waals surface area contributed by atoms with Crippen LogP contribution in [0.4, 0.5) is 30.6 Å². The number of fused-ring (bicyclic) bond motifs is 5. The summed E-state index contributed by atoms with van der Waals surface area (Å²) in [6.07, 6.45) is -1.41. The summed E-state index contributed by atoms with van der Waals surface area (Å²) >= 11 is 0. The summed E-state index contributed by atoms with van der Waals surface area (Å²) in [5.74, 6) is -0.0396. The lowest BCUT2D eigenvalue weighted by atomic mass is 9.91. The molecular weight excluding hydrogens is 428 g/mol. The van der Waals surface area contributed by atoms with Gasteiger partial charge in [0.25, 0.3) is 0 Å². The van der Waals surface area contributed by atoms with E-state index in [1.54, 1.807) is 0 Å². The van der Waals surface area contributed by atoms with Gasteiger partial charge in [0, 0.05) is 37.1 Å². The van der Waals surface area contributed by atoms with E-state index in [-0.39, 0.29) is 42.6 Å². The Bertz CT molecular complexity index is 890. The number of nitrogens with one attached hydrogen (secondary N) is 4. The summed E-state index contributed by atoms with van der Waals surface area (Å²) in [5, 5.41) is 12.5. The molecule has 3 aliphatic rings. The highest BCUT2D eigenvalue weighted by Crippen LogP contribution is 2.45. The SMILES string of the molecule is Cl.Cl.FC(F)(F)c1cnc(Nc2ccc3c(c2)C2CCC3N2)nc1NC1CNC1. The molecule has 0 radical (unpaired) electrons. The Morgan fingerprint density at radius 1 is 1.03 bits per heavy atom. The van der Waals surface area contributed by atoms with Crippen LogP contribution in [0.15, 0.2) is 24.4 Å². The minimum Gasteiger partial charge on any atom is -0.364 e. The van der Waals surface area contributed by atoms with Crippen LogP contribution in [-0.2, 0) is 6.18 Å². The predicted octanol–water partition coefficient (Wildman–Crippen LogP) is 3.95. The molecule has 2 atom stereocenters. The van der Waals surface area contributed by atoms with E-state index in [1.165, 1.54) is 11.1 Å². The number of hydrogen-bond donors (Lipinski definition) is 4. The van der Waals surface area contributed by atoms with Crippen LogP contribution >= 0.6 is 24.8 Å². The van der Waals surface area contributed by atoms with Gasteiger partial charge in [-0.1, -0.05) is 6.07 Å². The number of rotatable bonds is 4. The Kier molecular flexibility index (Phi) is 6.14. The predicted molar refractivity (Wildman–Crippen MR) is 109 cm³/mol. The molecule has 0 saturated carbocycles. The zero-order valence-corrected chi connectivity index (χ0v) is 16.8. The quantitative estimate of drug-likeness (QED) is 0.567. The van der Waals surface area contributed by atoms with E-state index < -0.39 is 11.7 Å². The van der Waals surface area contributed by atoms with Crippen LogP contribution in [0.5, 0.6) is 0 Å². The molecule has 0 spiro atoms. The number of benzene rings is 1. The molecule has 11 heteroatoms. The van der Waals surface area contributed by atoms with Crippen LogP contribution in [0.3, 0.4) is 0 Å². The van der Waals surface area contributed by atoms with Crippen molar-refractivity contribution in [1.29, 1.82) is 0 Å². The molecule has 4 heterocycles. The van der Waals surface area contributed by atoms with E-state index >= 15 is 0 Å². The molecule has 1 aromatic heterocycles. The zero-order chi connectivity index (χ0) is 18.6. The van der Waals surface area contributed by atoms with E-state index in [4.69, 9.17) is 0 Å². The van der Waals surface area contributed by atoms with Crippen molar-refractivity contribution in [2.45, 2.75) is 37.1 Å². The normalized spacial score (nSPS) is 22.2. The van der Waals surface area contributed by atoms with Crippen molar-refractivity contribution in [3.05, 3.63) is 41.1 Å². The summed E-state index contributed by atoms with van der Waals surface area (Å²) in [6, 6.07) is 6.76. The summed E-state index contributed by atoms with van der Waals surface area (Å²) in [6.45, 7) is 1.23. The van der Waals surface area contributed by atoms with Crippen molar-refractivity contribution in [1.82, 2.24) is 20.6 Å². The molecule has 29 heavy (non-hydrogen) atoms. The summed E-state index contributed by atoms with van der Waals surface area (Å²) in [5.41, 5.74) is 2.49. The van der Waals surface area contributed by atoms with Crippen molar-refractivity contribution < 1.29 is 13.2 Å². The van der Waals surface area contributed by atoms with E-state index in [2.05, 4.69) is 37.3 Å². The average molecular weight is 449 g/mol. The molecule has 5 rings (SSSR count). The van der Waals surface area contributed by atoms with Crippen LogP contribution in [0.2, 0.25) is 0 Å². The summed E-state index contributed by atoms with van der Waals surface area (Å²) < 4.78 is 39.8. The minimum atomic E-state index is -4.50. The molecule has 158 valence electrons. The van der Waals surface area contributed by atoms with Crippen LogP contribution in [-0.4, -0.2) is 29.1 Å². The van der Waals surface area contributed by atoms with Crippen molar-refractivity contribution in [2.75, 3.05) is 23.7 Å². The van der Waals surface area contributed by atoms with Gasteiger partial charge in [-0.25, -0.2) is 4.98 Å². The number of halogens is 5. The van der Waals surface area contributed by atoms with Gasteiger partial charge in [-0.15, -0.1) is 24.8 Å². The van der Waals surface area contributed by atoms with Gasteiger partial charge in [-0.3, -0.25) is 0 Å². The van der Waals surface area contributed by atoms with Crippen molar-refractivity contribution >= 4 is 42.3 Å². The maximum absolute atomic E-state index is 13.3. The minimum absolute atomic E-state index is 0. The Hall–Kier alpha value is -1.81. The zero-order valence-electron chi connectivity index (χ0n) is 15.2. The standard InChI is InChI=1S/C18H19F3N6.2ClH/c19-18(20,21)13-8-23-17(27-16(13)24-10-6-22-7-10)25-9-1-2-11-12(5-9)15-4-3-14(11)26-15;;/h1-2,5,8,10,14-15,22,26H,3-4,6-7H2,(H2,23,24,25,27);2*1H. The van der Waals surface area contributed by atoms with Crippen LogP contribution in [0, 0.1) is 0 Å². The van der Waals surface area contributed by atoms with Crippen LogP contribution in [0.1, 0.15) is 41.6 Å². The van der Waals surface area contributed by atoms with Crippen molar-refractivity contribution in [3.63, 3.8) is 0 Å². The number of anilines is 3. The van der Waals surface area contributed by atoms with Gasteiger partial charge in [0.2, 0.25) is 5.95 Å². The molecule has 3 aliphatic heterocycles. The number of hydrogen-bond acceptors (Lipinski definition) is 6. The molecule has 2 fully saturated rings. The molecule has 2 saturated heterocycles. The average Bonchev–Trinajstić information content (AvgIpc) is 3.19. The first-order valence-electron chi connectivity index (χ1n) is 9.06. The Labute approximate surface area is 178 Å². The molecular formula is C18H21Cl2F3N6. The topological polar surface area (TPSA) is 73.9 Å². The van der Waals surface area contributed by atoms with E-state index in [9.17, 15) is 13.2 Å². The molecule has 0 amide bonds. The molecule has 4 N–H and O–H groups in total. The summed E-state index contributed by atoms with van der Waals surface area (Å²) in [7, 11) is 0. The van der Waals surface area contributed by atoms with Crippen molar-refractivity contribution in [2.24, 2.45) is 0 Å². The van der Waals surface area contributed by atoms with Gasteiger partial charge in [0.1, 0.15) is 11.4 Å². The fraction of sp³-hybridized carbons (Fsp3) is 0.444. The first kappa shape index (κ1) is 21.9. The lowest BCUT2D eigenvalue weighted by Crippen LogP contribution is -2.51. The van der Waals surface area contributed by atoms with Gasteiger partial charge in [0.15, 0.2) is 0 Å². The molecule has 2 unspecified atom stereocenters. The van der Waals surface area contributed by atoms with Gasteiger partial charge < -0.3 is 21.3 Å². The molecule has 1 aromatic carbocycles. The van der Waals surface area contributed by atoms with E-state index in [1.807, 2.05) is 12.1 Å².